The van der Waals surface area contributed by atoms with Gasteiger partial charge in [0, 0.05) is 23.6 Å². The third kappa shape index (κ3) is 4.05. The fourth-order valence-electron chi connectivity index (χ4n) is 3.56. The van der Waals surface area contributed by atoms with Crippen LogP contribution in [0.1, 0.15) is 26.3 Å². The van der Waals surface area contributed by atoms with Crippen molar-refractivity contribution in [3.63, 3.8) is 0 Å². The molecule has 1 atom stereocenters. The lowest BCUT2D eigenvalue weighted by atomic mass is 10.0. The molecular formula is C24H19N5O5. The number of carbonyl (C=O) groups excluding carboxylic acids is 4. The molecule has 1 aliphatic heterocycles. The molecule has 0 spiro atoms. The van der Waals surface area contributed by atoms with Crippen molar-refractivity contribution in [3.05, 3.63) is 95.8 Å². The zero-order valence-corrected chi connectivity index (χ0v) is 17.8. The predicted octanol–water partition coefficient (Wildman–Crippen LogP) is 1.56. The Labute approximate surface area is 194 Å². The van der Waals surface area contributed by atoms with E-state index in [-0.39, 0.29) is 28.1 Å². The monoisotopic (exact) mass is 457 g/mol. The molecule has 170 valence electrons. The zero-order valence-electron chi connectivity index (χ0n) is 17.8. The Morgan fingerprint density at radius 2 is 1.50 bits per heavy atom. The third-order valence-electron chi connectivity index (χ3n) is 5.16. The summed E-state index contributed by atoms with van der Waals surface area (Å²) in [6.45, 7) is -0.463. The van der Waals surface area contributed by atoms with Crippen molar-refractivity contribution in [1.82, 2.24) is 10.0 Å². The maximum atomic E-state index is 13.4. The van der Waals surface area contributed by atoms with Crippen LogP contribution in [0.3, 0.4) is 0 Å². The number of imide groups is 1. The number of nitrogens with zero attached hydrogens (tertiary/aromatic N) is 3. The van der Waals surface area contributed by atoms with Crippen LogP contribution in [0.15, 0.2) is 79.1 Å². The largest absolute Gasteiger partial charge is 0.362 e. The number of aromatic nitrogens is 1. The molecule has 0 fully saturated rings. The van der Waals surface area contributed by atoms with Crippen LogP contribution in [0.2, 0.25) is 0 Å². The van der Waals surface area contributed by atoms with Crippen LogP contribution in [0, 0.1) is 5.41 Å². The molecule has 3 amide bonds. The van der Waals surface area contributed by atoms with Gasteiger partial charge in [0.1, 0.15) is 0 Å². The Balaban J connectivity index is 1.74. The third-order valence-corrected chi connectivity index (χ3v) is 5.16. The number of rotatable bonds is 7. The number of amides is 3. The van der Waals surface area contributed by atoms with Gasteiger partial charge in [-0.25, -0.2) is 4.79 Å². The minimum Gasteiger partial charge on any atom is -0.327 e. The van der Waals surface area contributed by atoms with E-state index in [1.807, 2.05) is 0 Å². The fraction of sp³-hybridized carbons (Fsp3) is 0.0833. The lowest BCUT2D eigenvalue weighted by Gasteiger charge is -2.31. The first kappa shape index (κ1) is 22.5. The minimum atomic E-state index is -1.65. The Hall–Kier alpha value is -4.70. The summed E-state index contributed by atoms with van der Waals surface area (Å²) in [6.07, 6.45) is 2.85. The van der Waals surface area contributed by atoms with E-state index in [0.717, 1.165) is 4.90 Å². The van der Waals surface area contributed by atoms with E-state index < -0.39 is 36.3 Å². The number of hydrogen-bond acceptors (Lipinski definition) is 8. The number of hydrogen-bond donors (Lipinski definition) is 2. The number of benzene rings is 2. The molecule has 0 aliphatic carbocycles. The summed E-state index contributed by atoms with van der Waals surface area (Å²) in [6, 6.07) is 15.5. The summed E-state index contributed by atoms with van der Waals surface area (Å²) < 4.78 is 0. The molecule has 0 bridgehead atoms. The van der Waals surface area contributed by atoms with Gasteiger partial charge in [-0.3, -0.25) is 24.3 Å². The molecular weight excluding hydrogens is 438 g/mol. The van der Waals surface area contributed by atoms with E-state index in [4.69, 9.17) is 16.0 Å². The van der Waals surface area contributed by atoms with E-state index in [9.17, 15) is 19.2 Å². The molecule has 0 radical (unpaired) electrons. The van der Waals surface area contributed by atoms with Crippen LogP contribution in [0.5, 0.6) is 0 Å². The maximum absolute atomic E-state index is 13.4. The summed E-state index contributed by atoms with van der Waals surface area (Å²) in [5.41, 5.74) is 6.03. The number of carbonyl (C=O) groups is 4. The van der Waals surface area contributed by atoms with Crippen molar-refractivity contribution >= 4 is 35.1 Å². The first-order valence-corrected chi connectivity index (χ1v) is 10.2. The Morgan fingerprint density at radius 1 is 0.941 bits per heavy atom. The van der Waals surface area contributed by atoms with Gasteiger partial charge in [0.15, 0.2) is 6.04 Å². The second-order valence-corrected chi connectivity index (χ2v) is 7.22. The molecule has 34 heavy (non-hydrogen) atoms. The Bertz CT molecular complexity index is 1240. The van der Waals surface area contributed by atoms with Crippen molar-refractivity contribution in [1.29, 1.82) is 5.41 Å². The first-order valence-electron chi connectivity index (χ1n) is 10.2. The van der Waals surface area contributed by atoms with Gasteiger partial charge in [0.25, 0.3) is 11.8 Å². The Kier molecular flexibility index (Phi) is 6.24. The fourth-order valence-corrected chi connectivity index (χ4v) is 3.56. The highest BCUT2D eigenvalue weighted by atomic mass is 16.7. The molecule has 2 heterocycles. The van der Waals surface area contributed by atoms with Crippen molar-refractivity contribution in [3.8, 4) is 0 Å². The molecule has 2 aromatic carbocycles. The summed E-state index contributed by atoms with van der Waals surface area (Å²) in [4.78, 5) is 61.9. The predicted molar refractivity (Wildman–Crippen MR) is 121 cm³/mol. The molecule has 0 saturated carbocycles. The summed E-state index contributed by atoms with van der Waals surface area (Å²) in [7, 11) is 0. The lowest BCUT2D eigenvalue weighted by molar-refractivity contribution is -0.168. The highest BCUT2D eigenvalue weighted by molar-refractivity contribution is 6.23. The average Bonchev–Trinajstić information content (AvgIpc) is 3.12. The van der Waals surface area contributed by atoms with Crippen molar-refractivity contribution < 1.29 is 24.0 Å². The van der Waals surface area contributed by atoms with E-state index in [2.05, 4.69) is 4.98 Å². The molecule has 4 rings (SSSR count). The van der Waals surface area contributed by atoms with Crippen LogP contribution < -0.4 is 10.6 Å². The average molecular weight is 457 g/mol. The standard InChI is InChI=1S/C24H19N5O5/c25-14-19(30)28(16-6-2-1-3-7-16)21(20(26)15-10-12-27-13-11-15)24(33)34-29-22(31)17-8-4-5-9-18(17)23(29)32/h1-13,21,26H,14,25H2/t21-/m0/s1. The number of anilines is 1. The van der Waals surface area contributed by atoms with Gasteiger partial charge in [-0.2, -0.15) is 0 Å². The first-order chi connectivity index (χ1) is 16.4. The van der Waals surface area contributed by atoms with Crippen molar-refractivity contribution in [2.24, 2.45) is 5.73 Å². The van der Waals surface area contributed by atoms with Crippen LogP contribution >= 0.6 is 0 Å². The molecule has 0 saturated heterocycles. The van der Waals surface area contributed by atoms with Gasteiger partial charge in [-0.05, 0) is 36.4 Å². The number of nitrogens with two attached hydrogens (primary N) is 1. The van der Waals surface area contributed by atoms with E-state index >= 15 is 0 Å². The summed E-state index contributed by atoms with van der Waals surface area (Å²) in [5, 5.41) is 9.06. The normalized spacial score (nSPS) is 13.3. The second-order valence-electron chi connectivity index (χ2n) is 7.22. The van der Waals surface area contributed by atoms with Crippen molar-refractivity contribution in [2.45, 2.75) is 6.04 Å². The summed E-state index contributed by atoms with van der Waals surface area (Å²) >= 11 is 0. The summed E-state index contributed by atoms with van der Waals surface area (Å²) in [5.74, 6) is -3.49. The van der Waals surface area contributed by atoms with E-state index in [1.165, 1.54) is 36.7 Å². The Morgan fingerprint density at radius 3 is 2.06 bits per heavy atom. The minimum absolute atomic E-state index is 0.0824. The number of fused-ring (bicyclic) bond motifs is 1. The quantitative estimate of drug-likeness (QED) is 0.404. The van der Waals surface area contributed by atoms with Crippen LogP contribution in [0.4, 0.5) is 5.69 Å². The topological polar surface area (TPSA) is 147 Å². The zero-order chi connectivity index (χ0) is 24.2. The smallest absolute Gasteiger partial charge is 0.327 e. The molecule has 0 unspecified atom stereocenters. The van der Waals surface area contributed by atoms with Gasteiger partial charge in [0.2, 0.25) is 5.91 Å². The van der Waals surface area contributed by atoms with Crippen molar-refractivity contribution in [2.75, 3.05) is 11.4 Å². The molecule has 10 heteroatoms. The molecule has 1 aromatic heterocycles. The highest BCUT2D eigenvalue weighted by Gasteiger charge is 2.43. The highest BCUT2D eigenvalue weighted by Crippen LogP contribution is 2.25. The van der Waals surface area contributed by atoms with Gasteiger partial charge in [-0.15, -0.1) is 0 Å². The maximum Gasteiger partial charge on any atom is 0.362 e. The van der Waals surface area contributed by atoms with Gasteiger partial charge >= 0.3 is 5.97 Å². The van der Waals surface area contributed by atoms with Crippen LogP contribution in [-0.2, 0) is 14.4 Å². The number of nitrogens with one attached hydrogen (secondary N) is 1. The molecule has 3 aromatic rings. The molecule has 3 N–H and O–H groups in total. The van der Waals surface area contributed by atoms with Crippen LogP contribution in [0.25, 0.3) is 0 Å². The van der Waals surface area contributed by atoms with Gasteiger partial charge < -0.3 is 16.0 Å². The van der Waals surface area contributed by atoms with Crippen LogP contribution in [-0.4, -0.2) is 52.0 Å². The van der Waals surface area contributed by atoms with E-state index in [0.29, 0.717) is 5.06 Å². The van der Waals surface area contributed by atoms with E-state index in [1.54, 1.807) is 42.5 Å². The lowest BCUT2D eigenvalue weighted by Crippen LogP contribution is -2.54. The number of para-hydroxylation sites is 1. The molecule has 1 aliphatic rings. The number of hydroxylamine groups is 2. The molecule has 10 nitrogen and oxygen atoms in total. The SMILES string of the molecule is N=C(c1ccncc1)[C@@H](C(=O)ON1C(=O)c2ccccc2C1=O)N(C(=O)CN)c1ccccc1. The van der Waals surface area contributed by atoms with Gasteiger partial charge in [0.05, 0.1) is 23.4 Å². The second kappa shape index (κ2) is 9.43. The van der Waals surface area contributed by atoms with Gasteiger partial charge in [-0.1, -0.05) is 35.4 Å². The number of pyridine rings is 1.